The third-order valence-electron chi connectivity index (χ3n) is 3.74. The first-order chi connectivity index (χ1) is 12.2. The van der Waals surface area contributed by atoms with Crippen molar-refractivity contribution in [3.63, 3.8) is 0 Å². The Labute approximate surface area is 151 Å². The maximum atomic E-state index is 12.2. The Morgan fingerprint density at radius 2 is 1.72 bits per heavy atom. The van der Waals surface area contributed by atoms with Crippen molar-refractivity contribution < 1.29 is 4.79 Å². The topological polar surface area (TPSA) is 54.9 Å². The first-order valence-corrected chi connectivity index (χ1v) is 9.05. The minimum atomic E-state index is -0.0143. The summed E-state index contributed by atoms with van der Waals surface area (Å²) in [4.78, 5) is 20.7. The maximum Gasteiger partial charge on any atom is 0.230 e. The highest BCUT2D eigenvalue weighted by Gasteiger charge is 2.10. The molecule has 0 radical (unpaired) electrons. The first kappa shape index (κ1) is 17.2. The largest absolute Gasteiger partial charge is 0.349 e. The standard InChI is InChI=1S/C20H19N3OS/c1-15(16-8-4-2-5-9-16)23-19(24)13-25-20-12-18(21-14-22-20)17-10-6-3-7-11-17/h2-12,14-15H,13H2,1H3,(H,23,24). The van der Waals surface area contributed by atoms with Crippen LogP contribution in [0.5, 0.6) is 0 Å². The third kappa shape index (κ3) is 4.90. The van der Waals surface area contributed by atoms with E-state index >= 15 is 0 Å². The Balaban J connectivity index is 1.57. The zero-order valence-electron chi connectivity index (χ0n) is 13.9. The minimum absolute atomic E-state index is 0.0128. The average molecular weight is 349 g/mol. The van der Waals surface area contributed by atoms with Gasteiger partial charge < -0.3 is 5.32 Å². The lowest BCUT2D eigenvalue weighted by atomic mass is 10.1. The van der Waals surface area contributed by atoms with Crippen LogP contribution in [0.4, 0.5) is 0 Å². The number of amides is 1. The van der Waals surface area contributed by atoms with Crippen molar-refractivity contribution in [3.8, 4) is 11.3 Å². The molecule has 1 N–H and O–H groups in total. The molecular weight excluding hydrogens is 330 g/mol. The number of rotatable bonds is 6. The van der Waals surface area contributed by atoms with E-state index in [2.05, 4.69) is 15.3 Å². The lowest BCUT2D eigenvalue weighted by molar-refractivity contribution is -0.119. The Hall–Kier alpha value is -2.66. The van der Waals surface area contributed by atoms with Gasteiger partial charge >= 0.3 is 0 Å². The Morgan fingerprint density at radius 1 is 1.04 bits per heavy atom. The molecule has 0 saturated heterocycles. The van der Waals surface area contributed by atoms with Crippen molar-refractivity contribution in [2.75, 3.05) is 5.75 Å². The van der Waals surface area contributed by atoms with Crippen LogP contribution in [0.15, 0.2) is 78.1 Å². The summed E-state index contributed by atoms with van der Waals surface area (Å²) in [7, 11) is 0. The molecule has 4 nitrogen and oxygen atoms in total. The molecule has 3 rings (SSSR count). The van der Waals surface area contributed by atoms with Crippen molar-refractivity contribution in [2.24, 2.45) is 0 Å². The fraction of sp³-hybridized carbons (Fsp3) is 0.150. The highest BCUT2D eigenvalue weighted by Crippen LogP contribution is 2.22. The predicted octanol–water partition coefficient (Wildman–Crippen LogP) is 4.11. The van der Waals surface area contributed by atoms with Gasteiger partial charge in [0.1, 0.15) is 11.4 Å². The molecular formula is C20H19N3OS. The van der Waals surface area contributed by atoms with Gasteiger partial charge in [-0.25, -0.2) is 9.97 Å². The zero-order chi connectivity index (χ0) is 17.5. The highest BCUT2D eigenvalue weighted by atomic mass is 32.2. The second-order valence-corrected chi connectivity index (χ2v) is 6.59. The van der Waals surface area contributed by atoms with Gasteiger partial charge in [0.05, 0.1) is 17.5 Å². The number of benzene rings is 2. The van der Waals surface area contributed by atoms with Crippen LogP contribution in [0.1, 0.15) is 18.5 Å². The molecule has 0 aliphatic heterocycles. The van der Waals surface area contributed by atoms with Crippen LogP contribution in [0.25, 0.3) is 11.3 Å². The van der Waals surface area contributed by atoms with E-state index in [-0.39, 0.29) is 11.9 Å². The quantitative estimate of drug-likeness (QED) is 0.537. The molecule has 1 atom stereocenters. The van der Waals surface area contributed by atoms with E-state index in [4.69, 9.17) is 0 Å². The summed E-state index contributed by atoms with van der Waals surface area (Å²) in [6, 6.07) is 21.8. The Morgan fingerprint density at radius 3 is 2.44 bits per heavy atom. The number of carbonyl (C=O) groups is 1. The average Bonchev–Trinajstić information content (AvgIpc) is 2.68. The number of aromatic nitrogens is 2. The Kier molecular flexibility index (Phi) is 5.80. The molecule has 1 aromatic heterocycles. The molecule has 0 aliphatic rings. The van der Waals surface area contributed by atoms with E-state index < -0.39 is 0 Å². The van der Waals surface area contributed by atoms with Gasteiger partial charge in [-0.3, -0.25) is 4.79 Å². The van der Waals surface area contributed by atoms with Gasteiger partial charge in [-0.2, -0.15) is 0 Å². The van der Waals surface area contributed by atoms with E-state index in [1.165, 1.54) is 18.1 Å². The molecule has 126 valence electrons. The summed E-state index contributed by atoms with van der Waals surface area (Å²) in [6.07, 6.45) is 1.54. The van der Waals surface area contributed by atoms with E-state index in [1.54, 1.807) is 0 Å². The Bertz CT molecular complexity index is 825. The number of carbonyl (C=O) groups excluding carboxylic acids is 1. The molecule has 0 bridgehead atoms. The van der Waals surface area contributed by atoms with Gasteiger partial charge in [-0.05, 0) is 18.6 Å². The van der Waals surface area contributed by atoms with Crippen molar-refractivity contribution in [1.82, 2.24) is 15.3 Å². The van der Waals surface area contributed by atoms with Gasteiger partial charge in [0.2, 0.25) is 5.91 Å². The first-order valence-electron chi connectivity index (χ1n) is 8.07. The summed E-state index contributed by atoms with van der Waals surface area (Å²) >= 11 is 1.41. The number of hydrogen-bond donors (Lipinski definition) is 1. The normalized spacial score (nSPS) is 11.7. The molecule has 0 saturated carbocycles. The fourth-order valence-corrected chi connectivity index (χ4v) is 3.11. The van der Waals surface area contributed by atoms with Gasteiger partial charge in [0.15, 0.2) is 0 Å². The van der Waals surface area contributed by atoms with E-state index in [0.29, 0.717) is 5.75 Å². The molecule has 3 aromatic rings. The van der Waals surface area contributed by atoms with Crippen molar-refractivity contribution in [3.05, 3.63) is 78.6 Å². The summed E-state index contributed by atoms with van der Waals surface area (Å²) in [5, 5.41) is 3.80. The predicted molar refractivity (Wildman–Crippen MR) is 101 cm³/mol. The summed E-state index contributed by atoms with van der Waals surface area (Å²) in [5.41, 5.74) is 2.99. The number of hydrogen-bond acceptors (Lipinski definition) is 4. The van der Waals surface area contributed by atoms with Crippen LogP contribution < -0.4 is 5.32 Å². The molecule has 2 aromatic carbocycles. The van der Waals surface area contributed by atoms with Crippen LogP contribution in [0.2, 0.25) is 0 Å². The smallest absolute Gasteiger partial charge is 0.230 e. The van der Waals surface area contributed by atoms with Crippen molar-refractivity contribution in [2.45, 2.75) is 18.0 Å². The molecule has 0 spiro atoms. The van der Waals surface area contributed by atoms with Crippen molar-refractivity contribution >= 4 is 17.7 Å². The fourth-order valence-electron chi connectivity index (χ4n) is 2.43. The lowest BCUT2D eigenvalue weighted by Gasteiger charge is -2.14. The SMILES string of the molecule is CC(NC(=O)CSc1cc(-c2ccccc2)ncn1)c1ccccc1. The number of nitrogens with zero attached hydrogens (tertiary/aromatic N) is 2. The maximum absolute atomic E-state index is 12.2. The third-order valence-corrected chi connectivity index (χ3v) is 4.67. The number of thioether (sulfide) groups is 1. The zero-order valence-corrected chi connectivity index (χ0v) is 14.7. The minimum Gasteiger partial charge on any atom is -0.349 e. The van der Waals surface area contributed by atoms with Gasteiger partial charge in [0, 0.05) is 5.56 Å². The summed E-state index contributed by atoms with van der Waals surface area (Å²) in [5.74, 6) is 0.309. The molecule has 1 heterocycles. The summed E-state index contributed by atoms with van der Waals surface area (Å²) in [6.45, 7) is 1.98. The van der Waals surface area contributed by atoms with E-state index in [0.717, 1.165) is 21.8 Å². The van der Waals surface area contributed by atoms with Crippen molar-refractivity contribution in [1.29, 1.82) is 0 Å². The second-order valence-electron chi connectivity index (χ2n) is 5.60. The van der Waals surface area contributed by atoms with E-state index in [9.17, 15) is 4.79 Å². The van der Waals surface area contributed by atoms with Crippen LogP contribution >= 0.6 is 11.8 Å². The van der Waals surface area contributed by atoms with Gasteiger partial charge in [-0.1, -0.05) is 72.4 Å². The van der Waals surface area contributed by atoms with Crippen LogP contribution in [0.3, 0.4) is 0 Å². The van der Waals surface area contributed by atoms with E-state index in [1.807, 2.05) is 73.7 Å². The van der Waals surface area contributed by atoms with Crippen LogP contribution in [-0.2, 0) is 4.79 Å². The summed E-state index contributed by atoms with van der Waals surface area (Å²) < 4.78 is 0. The van der Waals surface area contributed by atoms with Crippen LogP contribution in [-0.4, -0.2) is 21.6 Å². The molecule has 25 heavy (non-hydrogen) atoms. The molecule has 1 amide bonds. The number of nitrogens with one attached hydrogen (secondary N) is 1. The second kappa shape index (κ2) is 8.44. The molecule has 1 unspecified atom stereocenters. The molecule has 0 aliphatic carbocycles. The monoisotopic (exact) mass is 349 g/mol. The molecule has 5 heteroatoms. The lowest BCUT2D eigenvalue weighted by Crippen LogP contribution is -2.28. The highest BCUT2D eigenvalue weighted by molar-refractivity contribution is 7.99. The molecule has 0 fully saturated rings. The van der Waals surface area contributed by atoms with Gasteiger partial charge in [-0.15, -0.1) is 0 Å². The van der Waals surface area contributed by atoms with Gasteiger partial charge in [0.25, 0.3) is 0 Å². The van der Waals surface area contributed by atoms with Crippen LogP contribution in [0, 0.1) is 0 Å².